The highest BCUT2D eigenvalue weighted by Gasteiger charge is 2.06. The molecule has 2 N–H and O–H groups in total. The molecule has 3 nitrogen and oxygen atoms in total. The summed E-state index contributed by atoms with van der Waals surface area (Å²) in [6, 6.07) is 11.6. The van der Waals surface area contributed by atoms with Crippen LogP contribution in [-0.4, -0.2) is 12.5 Å². The third-order valence-electron chi connectivity index (χ3n) is 3.02. The van der Waals surface area contributed by atoms with Crippen LogP contribution in [0.25, 0.3) is 0 Å². The van der Waals surface area contributed by atoms with E-state index >= 15 is 0 Å². The average molecular weight is 307 g/mol. The second-order valence-electron chi connectivity index (χ2n) is 4.66. The molecule has 0 atom stereocenters. The van der Waals surface area contributed by atoms with E-state index in [1.165, 1.54) is 12.1 Å². The predicted octanol–water partition coefficient (Wildman–Crippen LogP) is 4.23. The number of rotatable bonds is 5. The summed E-state index contributed by atoms with van der Waals surface area (Å²) < 4.78 is 13.4. The Balaban J connectivity index is 1.85. The summed E-state index contributed by atoms with van der Waals surface area (Å²) in [5, 5.41) is 6.33. The van der Waals surface area contributed by atoms with Crippen LogP contribution in [0, 0.1) is 12.7 Å². The molecule has 2 rings (SSSR count). The first-order valence-electron chi connectivity index (χ1n) is 6.60. The summed E-state index contributed by atoms with van der Waals surface area (Å²) in [7, 11) is 0. The van der Waals surface area contributed by atoms with Gasteiger partial charge >= 0.3 is 0 Å². The van der Waals surface area contributed by atoms with E-state index in [1.807, 2.05) is 25.1 Å². The number of halogens is 2. The Labute approximate surface area is 128 Å². The first-order valence-corrected chi connectivity index (χ1v) is 6.98. The summed E-state index contributed by atoms with van der Waals surface area (Å²) in [6.45, 7) is 2.40. The molecule has 0 radical (unpaired) electrons. The molecule has 0 saturated heterocycles. The maximum atomic E-state index is 13.4. The van der Waals surface area contributed by atoms with Crippen LogP contribution in [0.5, 0.6) is 0 Å². The van der Waals surface area contributed by atoms with Crippen LogP contribution >= 0.6 is 11.6 Å². The van der Waals surface area contributed by atoms with Crippen molar-refractivity contribution in [3.63, 3.8) is 0 Å². The standard InChI is InChI=1S/C16H16ClFN2O/c1-11-6-7-12(17)10-15(11)19-9-8-16(21)20-14-5-3-2-4-13(14)18/h2-7,10,19H,8-9H2,1H3,(H,20,21). The maximum absolute atomic E-state index is 13.4. The van der Waals surface area contributed by atoms with Crippen molar-refractivity contribution in [2.75, 3.05) is 17.2 Å². The zero-order valence-corrected chi connectivity index (χ0v) is 12.4. The third-order valence-corrected chi connectivity index (χ3v) is 3.25. The summed E-state index contributed by atoms with van der Waals surface area (Å²) in [6.07, 6.45) is 0.236. The molecule has 110 valence electrons. The molecule has 1 amide bonds. The minimum Gasteiger partial charge on any atom is -0.384 e. The van der Waals surface area contributed by atoms with Gasteiger partial charge in [-0.1, -0.05) is 29.8 Å². The number of amides is 1. The van der Waals surface area contributed by atoms with Gasteiger partial charge in [0.05, 0.1) is 5.69 Å². The van der Waals surface area contributed by atoms with Crippen molar-refractivity contribution in [1.29, 1.82) is 0 Å². The predicted molar refractivity (Wildman–Crippen MR) is 84.3 cm³/mol. The lowest BCUT2D eigenvalue weighted by atomic mass is 10.2. The maximum Gasteiger partial charge on any atom is 0.226 e. The van der Waals surface area contributed by atoms with Gasteiger partial charge in [0.2, 0.25) is 5.91 Å². The molecular weight excluding hydrogens is 291 g/mol. The first kappa shape index (κ1) is 15.3. The van der Waals surface area contributed by atoms with Crippen LogP contribution in [0.15, 0.2) is 42.5 Å². The van der Waals surface area contributed by atoms with E-state index in [4.69, 9.17) is 11.6 Å². The molecular formula is C16H16ClFN2O. The first-order chi connectivity index (χ1) is 10.1. The monoisotopic (exact) mass is 306 g/mol. The summed E-state index contributed by atoms with van der Waals surface area (Å²) >= 11 is 5.92. The van der Waals surface area contributed by atoms with Gasteiger partial charge in [-0.15, -0.1) is 0 Å². The Hall–Kier alpha value is -2.07. The largest absolute Gasteiger partial charge is 0.384 e. The van der Waals surface area contributed by atoms with Gasteiger partial charge in [-0.2, -0.15) is 0 Å². The van der Waals surface area contributed by atoms with Crippen LogP contribution < -0.4 is 10.6 Å². The van der Waals surface area contributed by atoms with Gasteiger partial charge in [0.1, 0.15) is 5.82 Å². The Kier molecular flexibility index (Phi) is 5.17. The minimum absolute atomic E-state index is 0.196. The second-order valence-corrected chi connectivity index (χ2v) is 5.10. The molecule has 0 fully saturated rings. The number of anilines is 2. The zero-order valence-electron chi connectivity index (χ0n) is 11.6. The molecule has 0 heterocycles. The molecule has 0 aliphatic heterocycles. The summed E-state index contributed by atoms with van der Waals surface area (Å²) in [5.41, 5.74) is 2.14. The van der Waals surface area contributed by atoms with Gasteiger partial charge in [-0.25, -0.2) is 4.39 Å². The van der Waals surface area contributed by atoms with E-state index in [2.05, 4.69) is 10.6 Å². The number of hydrogen-bond acceptors (Lipinski definition) is 2. The molecule has 0 bridgehead atoms. The molecule has 21 heavy (non-hydrogen) atoms. The number of benzene rings is 2. The van der Waals surface area contributed by atoms with Gasteiger partial charge in [0.25, 0.3) is 0 Å². The van der Waals surface area contributed by atoms with Crippen molar-refractivity contribution in [2.24, 2.45) is 0 Å². The molecule has 0 spiro atoms. The zero-order chi connectivity index (χ0) is 15.2. The van der Waals surface area contributed by atoms with Gasteiger partial charge in [0.15, 0.2) is 0 Å². The van der Waals surface area contributed by atoms with Crippen LogP contribution in [0.4, 0.5) is 15.8 Å². The Morgan fingerprint density at radius 3 is 2.71 bits per heavy atom. The Bertz CT molecular complexity index is 646. The van der Waals surface area contributed by atoms with Crippen LogP contribution in [0.1, 0.15) is 12.0 Å². The SMILES string of the molecule is Cc1ccc(Cl)cc1NCCC(=O)Nc1ccccc1F. The molecule has 0 saturated carbocycles. The van der Waals surface area contributed by atoms with Crippen LogP contribution in [0.3, 0.4) is 0 Å². The molecule has 0 aromatic heterocycles. The third kappa shape index (κ3) is 4.46. The number of carbonyl (C=O) groups excluding carboxylic acids is 1. The highest BCUT2D eigenvalue weighted by molar-refractivity contribution is 6.30. The quantitative estimate of drug-likeness (QED) is 0.868. The Morgan fingerprint density at radius 1 is 1.19 bits per heavy atom. The lowest BCUT2D eigenvalue weighted by Gasteiger charge is -2.10. The van der Waals surface area contributed by atoms with E-state index in [0.29, 0.717) is 11.6 Å². The number of hydrogen-bond donors (Lipinski definition) is 2. The van der Waals surface area contributed by atoms with Gasteiger partial charge in [-0.05, 0) is 36.8 Å². The summed E-state index contributed by atoms with van der Waals surface area (Å²) in [4.78, 5) is 11.8. The smallest absolute Gasteiger partial charge is 0.226 e. The normalized spacial score (nSPS) is 10.2. The molecule has 0 unspecified atom stereocenters. The topological polar surface area (TPSA) is 41.1 Å². The molecule has 2 aromatic carbocycles. The van der Waals surface area contributed by atoms with E-state index < -0.39 is 5.82 Å². The van der Waals surface area contributed by atoms with Gasteiger partial charge in [-0.3, -0.25) is 4.79 Å². The van der Waals surface area contributed by atoms with E-state index in [1.54, 1.807) is 12.1 Å². The second kappa shape index (κ2) is 7.09. The number of aryl methyl sites for hydroxylation is 1. The van der Waals surface area contributed by atoms with Crippen molar-refractivity contribution in [1.82, 2.24) is 0 Å². The van der Waals surface area contributed by atoms with Crippen molar-refractivity contribution in [3.8, 4) is 0 Å². The number of carbonyl (C=O) groups is 1. The van der Waals surface area contributed by atoms with Crippen LogP contribution in [-0.2, 0) is 4.79 Å². The lowest BCUT2D eigenvalue weighted by Crippen LogP contribution is -2.17. The fourth-order valence-corrected chi connectivity index (χ4v) is 2.04. The number of para-hydroxylation sites is 1. The van der Waals surface area contributed by atoms with Crippen molar-refractivity contribution < 1.29 is 9.18 Å². The Morgan fingerprint density at radius 2 is 1.95 bits per heavy atom. The fourth-order valence-electron chi connectivity index (χ4n) is 1.87. The molecule has 0 aliphatic carbocycles. The summed E-state index contributed by atoms with van der Waals surface area (Å²) in [5.74, 6) is -0.684. The van der Waals surface area contributed by atoms with E-state index in [0.717, 1.165) is 11.3 Å². The lowest BCUT2D eigenvalue weighted by molar-refractivity contribution is -0.116. The van der Waals surface area contributed by atoms with E-state index in [-0.39, 0.29) is 18.0 Å². The fraction of sp³-hybridized carbons (Fsp3) is 0.188. The molecule has 0 aliphatic rings. The van der Waals surface area contributed by atoms with Gasteiger partial charge < -0.3 is 10.6 Å². The molecule has 2 aromatic rings. The van der Waals surface area contributed by atoms with Crippen molar-refractivity contribution >= 4 is 28.9 Å². The van der Waals surface area contributed by atoms with E-state index in [9.17, 15) is 9.18 Å². The minimum atomic E-state index is -0.440. The van der Waals surface area contributed by atoms with Crippen molar-refractivity contribution in [2.45, 2.75) is 13.3 Å². The van der Waals surface area contributed by atoms with Crippen molar-refractivity contribution in [3.05, 3.63) is 58.9 Å². The number of nitrogens with one attached hydrogen (secondary N) is 2. The highest BCUT2D eigenvalue weighted by atomic mass is 35.5. The highest BCUT2D eigenvalue weighted by Crippen LogP contribution is 2.20. The van der Waals surface area contributed by atoms with Crippen LogP contribution in [0.2, 0.25) is 5.02 Å². The average Bonchev–Trinajstić information content (AvgIpc) is 2.45. The van der Waals surface area contributed by atoms with Gasteiger partial charge in [0, 0.05) is 23.7 Å². The molecule has 5 heteroatoms.